The molecule has 18 heavy (non-hydrogen) atoms. The van der Waals surface area contributed by atoms with Gasteiger partial charge < -0.3 is 14.7 Å². The number of nitrogens with one attached hydrogen (secondary N) is 1. The number of nitrogens with zero attached hydrogens (tertiary/aromatic N) is 2. The predicted molar refractivity (Wildman–Crippen MR) is 66.2 cm³/mol. The van der Waals surface area contributed by atoms with Crippen molar-refractivity contribution in [3.05, 3.63) is 18.0 Å². The minimum absolute atomic E-state index is 0.0126. The molecule has 2 aliphatic rings. The van der Waals surface area contributed by atoms with Gasteiger partial charge in [0, 0.05) is 24.7 Å². The number of piperidine rings is 1. The summed E-state index contributed by atoms with van der Waals surface area (Å²) in [4.78, 5) is 14.3. The lowest BCUT2D eigenvalue weighted by molar-refractivity contribution is 0.0707. The topological polar surface area (TPSA) is 58.4 Å². The SMILES string of the molecule is O=C(c1ccon1)N(CC1CCCCN1)C1CC1. The fourth-order valence-electron chi connectivity index (χ4n) is 2.57. The second-order valence-corrected chi connectivity index (χ2v) is 5.22. The van der Waals surface area contributed by atoms with Crippen molar-refractivity contribution < 1.29 is 9.32 Å². The highest BCUT2D eigenvalue weighted by Gasteiger charge is 2.35. The molecule has 1 aliphatic heterocycles. The molecule has 1 unspecified atom stereocenters. The Bertz CT molecular complexity index is 394. The van der Waals surface area contributed by atoms with Gasteiger partial charge in [0.15, 0.2) is 5.69 Å². The number of hydrogen-bond donors (Lipinski definition) is 1. The van der Waals surface area contributed by atoms with E-state index in [1.807, 2.05) is 4.90 Å². The van der Waals surface area contributed by atoms with Crippen molar-refractivity contribution in [2.45, 2.75) is 44.2 Å². The molecule has 3 rings (SSSR count). The fourth-order valence-corrected chi connectivity index (χ4v) is 2.57. The first-order valence-electron chi connectivity index (χ1n) is 6.79. The van der Waals surface area contributed by atoms with Gasteiger partial charge in [0.05, 0.1) is 0 Å². The molecule has 0 aromatic carbocycles. The van der Waals surface area contributed by atoms with Gasteiger partial charge in [-0.15, -0.1) is 0 Å². The van der Waals surface area contributed by atoms with Crippen molar-refractivity contribution >= 4 is 5.91 Å². The van der Waals surface area contributed by atoms with E-state index in [0.717, 1.165) is 32.4 Å². The van der Waals surface area contributed by atoms with E-state index in [0.29, 0.717) is 17.8 Å². The zero-order chi connectivity index (χ0) is 12.4. The Kier molecular flexibility index (Phi) is 3.32. The maximum Gasteiger partial charge on any atom is 0.276 e. The minimum atomic E-state index is 0.0126. The van der Waals surface area contributed by atoms with E-state index in [-0.39, 0.29) is 5.91 Å². The van der Waals surface area contributed by atoms with Crippen LogP contribution in [0.5, 0.6) is 0 Å². The summed E-state index contributed by atoms with van der Waals surface area (Å²) in [6.45, 7) is 1.87. The first kappa shape index (κ1) is 11.7. The molecule has 2 fully saturated rings. The molecular weight excluding hydrogens is 230 g/mol. The minimum Gasteiger partial charge on any atom is -0.364 e. The van der Waals surface area contributed by atoms with Gasteiger partial charge in [0.25, 0.3) is 5.91 Å². The summed E-state index contributed by atoms with van der Waals surface area (Å²) < 4.78 is 4.76. The molecule has 0 spiro atoms. The second kappa shape index (κ2) is 5.10. The zero-order valence-corrected chi connectivity index (χ0v) is 10.5. The van der Waals surface area contributed by atoms with Gasteiger partial charge in [-0.25, -0.2) is 0 Å². The molecule has 1 aliphatic carbocycles. The molecule has 1 saturated carbocycles. The molecule has 1 N–H and O–H groups in total. The third kappa shape index (κ3) is 2.56. The second-order valence-electron chi connectivity index (χ2n) is 5.22. The van der Waals surface area contributed by atoms with Gasteiger partial charge in [-0.2, -0.15) is 0 Å². The maximum absolute atomic E-state index is 12.3. The molecule has 0 radical (unpaired) electrons. The number of amides is 1. The highest BCUT2D eigenvalue weighted by molar-refractivity contribution is 5.92. The summed E-state index contributed by atoms with van der Waals surface area (Å²) in [5, 5.41) is 7.25. The van der Waals surface area contributed by atoms with Crippen LogP contribution in [0, 0.1) is 0 Å². The van der Waals surface area contributed by atoms with Crippen LogP contribution in [-0.2, 0) is 0 Å². The van der Waals surface area contributed by atoms with Gasteiger partial charge in [-0.3, -0.25) is 4.79 Å². The first-order valence-corrected chi connectivity index (χ1v) is 6.79. The van der Waals surface area contributed by atoms with E-state index in [9.17, 15) is 4.79 Å². The Morgan fingerprint density at radius 2 is 2.33 bits per heavy atom. The zero-order valence-electron chi connectivity index (χ0n) is 10.5. The molecule has 0 bridgehead atoms. The maximum atomic E-state index is 12.3. The van der Waals surface area contributed by atoms with Gasteiger partial charge in [-0.05, 0) is 32.2 Å². The summed E-state index contributed by atoms with van der Waals surface area (Å²) >= 11 is 0. The summed E-state index contributed by atoms with van der Waals surface area (Å²) in [6.07, 6.45) is 7.37. The van der Waals surface area contributed by atoms with Crippen LogP contribution in [0.15, 0.2) is 16.9 Å². The van der Waals surface area contributed by atoms with Crippen molar-refractivity contribution in [2.24, 2.45) is 0 Å². The van der Waals surface area contributed by atoms with Crippen LogP contribution < -0.4 is 5.32 Å². The van der Waals surface area contributed by atoms with Crippen molar-refractivity contribution in [1.82, 2.24) is 15.4 Å². The average molecular weight is 249 g/mol. The van der Waals surface area contributed by atoms with Crippen LogP contribution in [0.2, 0.25) is 0 Å². The Labute approximate surface area is 107 Å². The fraction of sp³-hybridized carbons (Fsp3) is 0.692. The standard InChI is InChI=1S/C13H19N3O2/c17-13(12-6-8-18-15-12)16(11-4-5-11)9-10-3-1-2-7-14-10/h6,8,10-11,14H,1-5,7,9H2. The normalized spacial score (nSPS) is 23.9. The molecule has 5 heteroatoms. The summed E-state index contributed by atoms with van der Waals surface area (Å²) in [5.41, 5.74) is 0.428. The third-order valence-electron chi connectivity index (χ3n) is 3.73. The first-order chi connectivity index (χ1) is 8.84. The number of carbonyl (C=O) groups is 1. The van der Waals surface area contributed by atoms with Gasteiger partial charge in [0.2, 0.25) is 0 Å². The summed E-state index contributed by atoms with van der Waals surface area (Å²) in [7, 11) is 0. The number of hydrogen-bond acceptors (Lipinski definition) is 4. The molecule has 1 aromatic heterocycles. The van der Waals surface area contributed by atoms with Crippen molar-refractivity contribution in [3.63, 3.8) is 0 Å². The Hall–Kier alpha value is -1.36. The van der Waals surface area contributed by atoms with Gasteiger partial charge in [-0.1, -0.05) is 11.6 Å². The lowest BCUT2D eigenvalue weighted by Gasteiger charge is -2.30. The van der Waals surface area contributed by atoms with Crippen LogP contribution in [0.3, 0.4) is 0 Å². The highest BCUT2D eigenvalue weighted by Crippen LogP contribution is 2.28. The smallest absolute Gasteiger partial charge is 0.276 e. The largest absolute Gasteiger partial charge is 0.364 e. The van der Waals surface area contributed by atoms with E-state index in [4.69, 9.17) is 4.52 Å². The van der Waals surface area contributed by atoms with E-state index >= 15 is 0 Å². The van der Waals surface area contributed by atoms with Crippen molar-refractivity contribution in [3.8, 4) is 0 Å². The van der Waals surface area contributed by atoms with E-state index in [1.54, 1.807) is 6.07 Å². The van der Waals surface area contributed by atoms with Crippen LogP contribution in [0.1, 0.15) is 42.6 Å². The number of rotatable bonds is 4. The highest BCUT2D eigenvalue weighted by atomic mass is 16.5. The molecule has 98 valence electrons. The van der Waals surface area contributed by atoms with Gasteiger partial charge in [0.1, 0.15) is 6.26 Å². The molecule has 1 atom stereocenters. The van der Waals surface area contributed by atoms with E-state index < -0.39 is 0 Å². The Morgan fingerprint density at radius 1 is 1.44 bits per heavy atom. The van der Waals surface area contributed by atoms with Crippen LogP contribution in [0.4, 0.5) is 0 Å². The van der Waals surface area contributed by atoms with Crippen LogP contribution in [0.25, 0.3) is 0 Å². The average Bonchev–Trinajstić information content (AvgIpc) is 3.10. The van der Waals surface area contributed by atoms with Crippen molar-refractivity contribution in [1.29, 1.82) is 0 Å². The third-order valence-corrected chi connectivity index (χ3v) is 3.73. The molecule has 1 aromatic rings. The number of carbonyl (C=O) groups excluding carboxylic acids is 1. The van der Waals surface area contributed by atoms with Gasteiger partial charge >= 0.3 is 0 Å². The van der Waals surface area contributed by atoms with Crippen molar-refractivity contribution in [2.75, 3.05) is 13.1 Å². The molecule has 1 amide bonds. The molecule has 1 saturated heterocycles. The lowest BCUT2D eigenvalue weighted by Crippen LogP contribution is -2.46. The van der Waals surface area contributed by atoms with E-state index in [2.05, 4.69) is 10.5 Å². The van der Waals surface area contributed by atoms with Crippen LogP contribution in [-0.4, -0.2) is 41.1 Å². The summed E-state index contributed by atoms with van der Waals surface area (Å²) in [5.74, 6) is 0.0126. The monoisotopic (exact) mass is 249 g/mol. The predicted octanol–water partition coefficient (Wildman–Crippen LogP) is 1.42. The van der Waals surface area contributed by atoms with Crippen LogP contribution >= 0.6 is 0 Å². The quantitative estimate of drug-likeness (QED) is 0.876. The number of aromatic nitrogens is 1. The Morgan fingerprint density at radius 3 is 2.94 bits per heavy atom. The van der Waals surface area contributed by atoms with E-state index in [1.165, 1.54) is 19.1 Å². The Balaban J connectivity index is 1.66. The molecular formula is C13H19N3O2. The molecule has 5 nitrogen and oxygen atoms in total. The summed E-state index contributed by atoms with van der Waals surface area (Å²) in [6, 6.07) is 2.50. The lowest BCUT2D eigenvalue weighted by atomic mass is 10.0. The molecule has 2 heterocycles.